The molecular weight excluding hydrogens is 378 g/mol. The van der Waals surface area contributed by atoms with Crippen LogP contribution in [0.15, 0.2) is 42.5 Å². The van der Waals surface area contributed by atoms with Crippen LogP contribution < -0.4 is 15.4 Å². The second kappa shape index (κ2) is 8.43. The number of nitrogens with zero attached hydrogens (tertiary/aromatic N) is 1. The molecule has 2 aromatic carbocycles. The van der Waals surface area contributed by atoms with Crippen molar-refractivity contribution in [3.63, 3.8) is 0 Å². The fourth-order valence-corrected chi connectivity index (χ4v) is 4.28. The quantitative estimate of drug-likeness (QED) is 0.740. The number of hydrogen-bond acceptors (Lipinski definition) is 4. The molecule has 0 unspecified atom stereocenters. The van der Waals surface area contributed by atoms with Gasteiger partial charge in [0.15, 0.2) is 0 Å². The number of nitrogens with two attached hydrogens (primary N) is 1. The van der Waals surface area contributed by atoms with E-state index in [0.717, 1.165) is 21.7 Å². The van der Waals surface area contributed by atoms with Crippen molar-refractivity contribution in [2.24, 2.45) is 5.73 Å². The summed E-state index contributed by atoms with van der Waals surface area (Å²) in [5.74, 6) is -1.22. The molecule has 0 fully saturated rings. The predicted octanol–water partition coefficient (Wildman–Crippen LogP) is 2.59. The predicted molar refractivity (Wildman–Crippen MR) is 111 cm³/mol. The Kier molecular flexibility index (Phi) is 6.45. The number of hydrogen-bond donors (Lipinski definition) is 2. The zero-order valence-corrected chi connectivity index (χ0v) is 17.2. The maximum absolute atomic E-state index is 13.0. The molecule has 0 aromatic heterocycles. The van der Waals surface area contributed by atoms with Crippen LogP contribution in [-0.2, 0) is 14.8 Å². The van der Waals surface area contributed by atoms with Crippen molar-refractivity contribution >= 4 is 33.2 Å². The number of para-hydroxylation sites is 1. The lowest BCUT2D eigenvalue weighted by Gasteiger charge is -2.31. The summed E-state index contributed by atoms with van der Waals surface area (Å²) in [6, 6.07) is 10.8. The number of amides is 2. The van der Waals surface area contributed by atoms with E-state index in [1.165, 1.54) is 6.07 Å². The average Bonchev–Trinajstić information content (AvgIpc) is 2.61. The number of benzene rings is 2. The SMILES string of the molecule is CC[C@H](C(=O)Nc1ccccc1C(N)=O)N(c1cc(C)ccc1C)S(C)(=O)=O. The Balaban J connectivity index is 2.49. The summed E-state index contributed by atoms with van der Waals surface area (Å²) in [5, 5.41) is 2.65. The second-order valence-electron chi connectivity index (χ2n) is 6.67. The molecule has 150 valence electrons. The molecule has 0 aliphatic heterocycles. The smallest absolute Gasteiger partial charge is 0.250 e. The minimum absolute atomic E-state index is 0.156. The molecule has 2 amide bonds. The van der Waals surface area contributed by atoms with Gasteiger partial charge >= 0.3 is 0 Å². The maximum Gasteiger partial charge on any atom is 0.250 e. The van der Waals surface area contributed by atoms with Gasteiger partial charge in [-0.15, -0.1) is 0 Å². The molecule has 0 aliphatic carbocycles. The molecule has 28 heavy (non-hydrogen) atoms. The number of nitrogens with one attached hydrogen (secondary N) is 1. The van der Waals surface area contributed by atoms with Crippen LogP contribution >= 0.6 is 0 Å². The van der Waals surface area contributed by atoms with E-state index < -0.39 is 27.9 Å². The van der Waals surface area contributed by atoms with E-state index in [4.69, 9.17) is 5.73 Å². The molecule has 0 bridgehead atoms. The number of primary amides is 1. The third-order valence-electron chi connectivity index (χ3n) is 4.38. The van der Waals surface area contributed by atoms with Crippen LogP contribution in [0.3, 0.4) is 0 Å². The van der Waals surface area contributed by atoms with Gasteiger partial charge in [-0.05, 0) is 49.6 Å². The summed E-state index contributed by atoms with van der Waals surface area (Å²) in [6.07, 6.45) is 1.31. The van der Waals surface area contributed by atoms with Gasteiger partial charge in [-0.3, -0.25) is 13.9 Å². The minimum Gasteiger partial charge on any atom is -0.366 e. The molecule has 0 radical (unpaired) electrons. The molecule has 0 heterocycles. The van der Waals surface area contributed by atoms with Crippen LogP contribution in [-0.4, -0.2) is 32.5 Å². The molecule has 0 spiro atoms. The van der Waals surface area contributed by atoms with Gasteiger partial charge in [0.2, 0.25) is 15.9 Å². The van der Waals surface area contributed by atoms with Gasteiger partial charge in [-0.1, -0.05) is 31.2 Å². The molecule has 0 saturated carbocycles. The van der Waals surface area contributed by atoms with Gasteiger partial charge in [0.05, 0.1) is 23.2 Å². The lowest BCUT2D eigenvalue weighted by Crippen LogP contribution is -2.47. The summed E-state index contributed by atoms with van der Waals surface area (Å²) in [5.41, 5.74) is 7.82. The molecule has 0 aliphatic rings. The van der Waals surface area contributed by atoms with E-state index in [1.54, 1.807) is 38.1 Å². The first kappa shape index (κ1) is 21.4. The first-order chi connectivity index (χ1) is 13.1. The third kappa shape index (κ3) is 4.69. The topological polar surface area (TPSA) is 110 Å². The van der Waals surface area contributed by atoms with E-state index >= 15 is 0 Å². The van der Waals surface area contributed by atoms with Crippen molar-refractivity contribution in [2.75, 3.05) is 15.9 Å². The molecule has 2 aromatic rings. The Morgan fingerprint density at radius 1 is 1.14 bits per heavy atom. The first-order valence-corrected chi connectivity index (χ1v) is 10.7. The molecule has 0 saturated heterocycles. The molecule has 3 N–H and O–H groups in total. The van der Waals surface area contributed by atoms with Crippen LogP contribution in [0.4, 0.5) is 11.4 Å². The molecule has 1 atom stereocenters. The Morgan fingerprint density at radius 3 is 2.36 bits per heavy atom. The number of aryl methyl sites for hydroxylation is 2. The standard InChI is InChI=1S/C20H25N3O4S/c1-5-17(20(25)22-16-9-7-6-8-15(16)19(21)24)23(28(4,26)27)18-12-13(2)10-11-14(18)3/h6-12,17H,5H2,1-4H3,(H2,21,24)(H,22,25)/t17-/m1/s1. The average molecular weight is 404 g/mol. The molecule has 8 heteroatoms. The van der Waals surface area contributed by atoms with E-state index in [2.05, 4.69) is 5.32 Å². The van der Waals surface area contributed by atoms with E-state index in [9.17, 15) is 18.0 Å². The van der Waals surface area contributed by atoms with Gasteiger partial charge in [0.1, 0.15) is 6.04 Å². The highest BCUT2D eigenvalue weighted by Gasteiger charge is 2.32. The van der Waals surface area contributed by atoms with Crippen LogP contribution in [0, 0.1) is 13.8 Å². The fourth-order valence-electron chi connectivity index (χ4n) is 3.02. The second-order valence-corrected chi connectivity index (χ2v) is 8.53. The molecule has 2 rings (SSSR count). The summed E-state index contributed by atoms with van der Waals surface area (Å²) < 4.78 is 26.3. The van der Waals surface area contributed by atoms with Gasteiger partial charge < -0.3 is 11.1 Å². The van der Waals surface area contributed by atoms with Gasteiger partial charge in [0.25, 0.3) is 5.91 Å². The Morgan fingerprint density at radius 2 is 1.79 bits per heavy atom. The van der Waals surface area contributed by atoms with Gasteiger partial charge in [-0.25, -0.2) is 8.42 Å². The van der Waals surface area contributed by atoms with Crippen molar-refractivity contribution in [1.82, 2.24) is 0 Å². The van der Waals surface area contributed by atoms with Gasteiger partial charge in [0, 0.05) is 0 Å². The largest absolute Gasteiger partial charge is 0.366 e. The minimum atomic E-state index is -3.75. The van der Waals surface area contributed by atoms with Crippen molar-refractivity contribution in [3.05, 3.63) is 59.2 Å². The number of carbonyl (C=O) groups is 2. The van der Waals surface area contributed by atoms with Gasteiger partial charge in [-0.2, -0.15) is 0 Å². The monoisotopic (exact) mass is 403 g/mol. The highest BCUT2D eigenvalue weighted by Crippen LogP contribution is 2.28. The zero-order chi connectivity index (χ0) is 21.1. The zero-order valence-electron chi connectivity index (χ0n) is 16.4. The van der Waals surface area contributed by atoms with Crippen LogP contribution in [0.25, 0.3) is 0 Å². The Hall–Kier alpha value is -2.87. The van der Waals surface area contributed by atoms with Crippen LogP contribution in [0.2, 0.25) is 0 Å². The van der Waals surface area contributed by atoms with Crippen LogP contribution in [0.5, 0.6) is 0 Å². The molecule has 7 nitrogen and oxygen atoms in total. The van der Waals surface area contributed by atoms with E-state index in [1.807, 2.05) is 19.1 Å². The summed E-state index contributed by atoms with van der Waals surface area (Å²) >= 11 is 0. The lowest BCUT2D eigenvalue weighted by molar-refractivity contribution is -0.117. The number of carbonyl (C=O) groups excluding carboxylic acids is 2. The summed E-state index contributed by atoms with van der Waals surface area (Å²) in [4.78, 5) is 24.6. The Labute approximate surface area is 165 Å². The van der Waals surface area contributed by atoms with Crippen molar-refractivity contribution < 1.29 is 18.0 Å². The number of rotatable bonds is 7. The fraction of sp³-hybridized carbons (Fsp3) is 0.300. The lowest BCUT2D eigenvalue weighted by atomic mass is 10.1. The first-order valence-electron chi connectivity index (χ1n) is 8.82. The van der Waals surface area contributed by atoms with E-state index in [-0.39, 0.29) is 17.7 Å². The van der Waals surface area contributed by atoms with Crippen molar-refractivity contribution in [2.45, 2.75) is 33.2 Å². The summed E-state index contributed by atoms with van der Waals surface area (Å²) in [7, 11) is -3.75. The normalized spacial score (nSPS) is 12.3. The third-order valence-corrected chi connectivity index (χ3v) is 5.55. The van der Waals surface area contributed by atoms with Crippen molar-refractivity contribution in [3.8, 4) is 0 Å². The maximum atomic E-state index is 13.0. The van der Waals surface area contributed by atoms with Crippen LogP contribution in [0.1, 0.15) is 34.8 Å². The summed E-state index contributed by atoms with van der Waals surface area (Å²) in [6.45, 7) is 5.38. The van der Waals surface area contributed by atoms with E-state index in [0.29, 0.717) is 5.69 Å². The number of sulfonamides is 1. The molecular formula is C20H25N3O4S. The Bertz CT molecular complexity index is 1000. The highest BCUT2D eigenvalue weighted by molar-refractivity contribution is 7.92. The highest BCUT2D eigenvalue weighted by atomic mass is 32.2. The number of anilines is 2. The van der Waals surface area contributed by atoms with Crippen molar-refractivity contribution in [1.29, 1.82) is 0 Å².